The van der Waals surface area contributed by atoms with E-state index >= 15 is 0 Å². The van der Waals surface area contributed by atoms with E-state index in [1.54, 1.807) is 5.48 Å². The van der Waals surface area contributed by atoms with Crippen molar-refractivity contribution >= 4 is 38.9 Å². The number of alkyl halides is 3. The molecule has 0 aliphatic carbocycles. The molecule has 0 radical (unpaired) electrons. The molecule has 31 heavy (non-hydrogen) atoms. The number of carbonyl (C=O) groups is 1. The summed E-state index contributed by atoms with van der Waals surface area (Å²) in [7, 11) is -3.41. The Kier molecular flexibility index (Phi) is 8.14. The Hall–Kier alpha value is -2.52. The summed E-state index contributed by atoms with van der Waals surface area (Å²) in [5.41, 5.74) is -0.306. The molecule has 1 aromatic heterocycles. The second-order valence-electron chi connectivity index (χ2n) is 6.21. The minimum atomic E-state index is -4.94. The van der Waals surface area contributed by atoms with Crippen LogP contribution < -0.4 is 5.48 Å². The third-order valence-corrected chi connectivity index (χ3v) is 5.43. The van der Waals surface area contributed by atoms with Crippen molar-refractivity contribution in [1.82, 2.24) is 15.8 Å². The van der Waals surface area contributed by atoms with Crippen LogP contribution in [0.4, 0.5) is 23.2 Å². The molecule has 170 valence electrons. The molecule has 0 bridgehead atoms. The predicted octanol–water partition coefficient (Wildman–Crippen LogP) is 2.77. The average molecular weight is 484 g/mol. The normalized spacial score (nSPS) is 12.8. The van der Waals surface area contributed by atoms with Crippen LogP contribution in [0.1, 0.15) is 24.1 Å². The van der Waals surface area contributed by atoms with Crippen LogP contribution in [-0.4, -0.2) is 53.3 Å². The minimum Gasteiger partial charge on any atom is -0.299 e. The lowest BCUT2D eigenvalue weighted by molar-refractivity contribution is -0.140. The summed E-state index contributed by atoms with van der Waals surface area (Å²) in [4.78, 5) is 15.3. The number of carbonyl (C=O) groups excluding carboxylic acids is 1. The van der Waals surface area contributed by atoms with Crippen molar-refractivity contribution in [1.29, 1.82) is 0 Å². The lowest BCUT2D eigenvalue weighted by Gasteiger charge is -2.09. The van der Waals surface area contributed by atoms with Crippen molar-refractivity contribution in [2.75, 3.05) is 17.8 Å². The molecule has 0 fully saturated rings. The molecule has 0 unspecified atom stereocenters. The van der Waals surface area contributed by atoms with E-state index in [4.69, 9.17) is 0 Å². The van der Waals surface area contributed by atoms with Crippen LogP contribution in [0.15, 0.2) is 32.8 Å². The monoisotopic (exact) mass is 484 g/mol. The molecular weight excluding hydrogens is 468 g/mol. The molecule has 2 aromatic rings. The molecule has 9 nitrogen and oxygen atoms in total. The zero-order valence-electron chi connectivity index (χ0n) is 15.8. The van der Waals surface area contributed by atoms with Gasteiger partial charge in [0, 0.05) is 18.4 Å². The first-order chi connectivity index (χ1) is 14.4. The number of nitrogens with zero attached hydrogens (tertiary/aromatic N) is 3. The molecule has 0 saturated heterocycles. The number of Topliss-reactive ketones (excluding diaryl/α,β-unsaturated/α-hetero) is 1. The summed E-state index contributed by atoms with van der Waals surface area (Å²) in [6.45, 7) is 0. The summed E-state index contributed by atoms with van der Waals surface area (Å²) < 4.78 is 78.7. The first-order valence-electron chi connectivity index (χ1n) is 8.41. The van der Waals surface area contributed by atoms with E-state index in [1.165, 1.54) is 0 Å². The number of sulfone groups is 1. The number of amidine groups is 1. The summed E-state index contributed by atoms with van der Waals surface area (Å²) in [5.74, 6) is -2.59. The standard InChI is InChI=1S/C16H16F4N4O5S2/c1-31(27,28)8-10(25)3-2-6-30-15-13(23-29-24-15)14(22-26)21-9-4-5-12(17)11(7-9)16(18,19)20/h4-5,7,26H,2-3,6,8H2,1H3,(H,21,22). The van der Waals surface area contributed by atoms with Gasteiger partial charge in [-0.15, -0.1) is 11.8 Å². The molecule has 1 aromatic carbocycles. The Balaban J connectivity index is 2.11. The highest BCUT2D eigenvalue weighted by Gasteiger charge is 2.34. The van der Waals surface area contributed by atoms with Crippen molar-refractivity contribution in [3.8, 4) is 0 Å². The number of nitrogens with one attached hydrogen (secondary N) is 1. The van der Waals surface area contributed by atoms with Crippen LogP contribution in [0.3, 0.4) is 0 Å². The molecule has 2 N–H and O–H groups in total. The topological polar surface area (TPSA) is 135 Å². The van der Waals surface area contributed by atoms with Crippen LogP contribution in [0.25, 0.3) is 0 Å². The Morgan fingerprint density at radius 2 is 2.03 bits per heavy atom. The number of aliphatic imine (C=N–C) groups is 1. The van der Waals surface area contributed by atoms with E-state index in [0.29, 0.717) is 24.3 Å². The van der Waals surface area contributed by atoms with E-state index in [0.717, 1.165) is 24.1 Å². The maximum atomic E-state index is 13.4. The highest BCUT2D eigenvalue weighted by atomic mass is 32.2. The van der Waals surface area contributed by atoms with Crippen LogP contribution in [-0.2, 0) is 20.8 Å². The van der Waals surface area contributed by atoms with Crippen molar-refractivity contribution < 1.29 is 40.6 Å². The van der Waals surface area contributed by atoms with Gasteiger partial charge in [0.25, 0.3) is 0 Å². The summed E-state index contributed by atoms with van der Waals surface area (Å²) >= 11 is 1.04. The molecular formula is C16H16F4N4O5S2. The van der Waals surface area contributed by atoms with Crippen molar-refractivity contribution in [3.63, 3.8) is 0 Å². The van der Waals surface area contributed by atoms with E-state index in [-0.39, 0.29) is 22.8 Å². The molecule has 2 rings (SSSR count). The third kappa shape index (κ3) is 7.59. The number of hydroxylamine groups is 1. The van der Waals surface area contributed by atoms with Gasteiger partial charge in [-0.1, -0.05) is 0 Å². The number of hydrogen-bond donors (Lipinski definition) is 2. The predicted molar refractivity (Wildman–Crippen MR) is 101 cm³/mol. The van der Waals surface area contributed by atoms with Crippen molar-refractivity contribution in [2.24, 2.45) is 4.99 Å². The smallest absolute Gasteiger partial charge is 0.299 e. The Morgan fingerprint density at radius 3 is 2.65 bits per heavy atom. The second kappa shape index (κ2) is 10.2. The van der Waals surface area contributed by atoms with Crippen molar-refractivity contribution in [2.45, 2.75) is 24.0 Å². The van der Waals surface area contributed by atoms with Gasteiger partial charge < -0.3 is 0 Å². The molecule has 0 atom stereocenters. The van der Waals surface area contributed by atoms with Gasteiger partial charge in [0.2, 0.25) is 0 Å². The summed E-state index contributed by atoms with van der Waals surface area (Å²) in [6.07, 6.45) is -3.67. The van der Waals surface area contributed by atoms with Crippen molar-refractivity contribution in [3.05, 3.63) is 35.3 Å². The maximum absolute atomic E-state index is 13.4. The summed E-state index contributed by atoms with van der Waals surface area (Å²) in [6, 6.07) is 2.01. The number of benzene rings is 1. The van der Waals surface area contributed by atoms with E-state index in [9.17, 15) is 36.0 Å². The van der Waals surface area contributed by atoms with Gasteiger partial charge in [0.1, 0.15) is 17.4 Å². The Bertz CT molecular complexity index is 1070. The quantitative estimate of drug-likeness (QED) is 0.138. The molecule has 0 spiro atoms. The lowest BCUT2D eigenvalue weighted by atomic mass is 10.2. The zero-order valence-corrected chi connectivity index (χ0v) is 17.4. The number of ketones is 1. The maximum Gasteiger partial charge on any atom is 0.419 e. The molecule has 0 aliphatic heterocycles. The van der Waals surface area contributed by atoms with Gasteiger partial charge in [-0.05, 0) is 34.9 Å². The highest BCUT2D eigenvalue weighted by Crippen LogP contribution is 2.34. The van der Waals surface area contributed by atoms with E-state index < -0.39 is 44.8 Å². The molecule has 15 heteroatoms. The van der Waals surface area contributed by atoms with Crippen LogP contribution in [0.2, 0.25) is 0 Å². The van der Waals surface area contributed by atoms with Crippen LogP contribution in [0, 0.1) is 5.82 Å². The minimum absolute atomic E-state index is 0.00960. The van der Waals surface area contributed by atoms with E-state index in [1.807, 2.05) is 0 Å². The third-order valence-electron chi connectivity index (χ3n) is 3.55. The SMILES string of the molecule is CS(=O)(=O)CC(=O)CCCSc1nonc1C(=Nc1ccc(F)c(C(F)(F)F)c1)NO. The second-order valence-corrected chi connectivity index (χ2v) is 9.44. The van der Waals surface area contributed by atoms with Crippen LogP contribution >= 0.6 is 11.8 Å². The fourth-order valence-corrected chi connectivity index (χ4v) is 3.85. The van der Waals surface area contributed by atoms with E-state index in [2.05, 4.69) is 19.9 Å². The number of thioether (sulfide) groups is 1. The molecule has 0 aliphatic rings. The Morgan fingerprint density at radius 1 is 1.32 bits per heavy atom. The lowest BCUT2D eigenvalue weighted by Crippen LogP contribution is -2.21. The van der Waals surface area contributed by atoms with Crippen LogP contribution in [0.5, 0.6) is 0 Å². The first kappa shape index (κ1) is 24.7. The number of aromatic nitrogens is 2. The number of halogens is 4. The van der Waals surface area contributed by atoms with Gasteiger partial charge in [-0.25, -0.2) is 22.4 Å². The zero-order chi connectivity index (χ0) is 23.2. The highest BCUT2D eigenvalue weighted by molar-refractivity contribution is 7.99. The Labute approximate surface area is 177 Å². The number of rotatable bonds is 9. The summed E-state index contributed by atoms with van der Waals surface area (Å²) in [5, 5.41) is 16.6. The molecule has 1 heterocycles. The largest absolute Gasteiger partial charge is 0.419 e. The molecule has 0 saturated carbocycles. The average Bonchev–Trinajstić information content (AvgIpc) is 3.10. The van der Waals surface area contributed by atoms with Gasteiger partial charge in [0.15, 0.2) is 26.4 Å². The fraction of sp³-hybridized carbons (Fsp3) is 0.375. The van der Waals surface area contributed by atoms with Gasteiger partial charge >= 0.3 is 6.18 Å². The van der Waals surface area contributed by atoms with Gasteiger partial charge in [-0.2, -0.15) is 13.2 Å². The fourth-order valence-electron chi connectivity index (χ4n) is 2.28. The molecule has 0 amide bonds. The van der Waals surface area contributed by atoms with Gasteiger partial charge in [-0.3, -0.25) is 15.5 Å². The van der Waals surface area contributed by atoms with Gasteiger partial charge in [0.05, 0.1) is 11.3 Å². The first-order valence-corrected chi connectivity index (χ1v) is 11.5. The number of hydrogen-bond acceptors (Lipinski definition) is 9.